The van der Waals surface area contributed by atoms with Gasteiger partial charge >= 0.3 is 0 Å². The number of anilines is 1. The van der Waals surface area contributed by atoms with E-state index in [4.69, 9.17) is 26.3 Å². The van der Waals surface area contributed by atoms with Crippen LogP contribution in [0.1, 0.15) is 6.92 Å². The molecule has 5 nitrogen and oxygen atoms in total. The Morgan fingerprint density at radius 3 is 2.48 bits per heavy atom. The summed E-state index contributed by atoms with van der Waals surface area (Å²) in [4.78, 5) is 13.8. The number of aromatic nitrogens is 2. The topological polar surface area (TPSA) is 42.7 Å². The SMILES string of the molecule is CC[NH+]1CCN(c2nc(-c3ccc(OC)cc3)nc3cc(Cl)ccc23)CC1. The van der Waals surface area contributed by atoms with Crippen LogP contribution in [0, 0.1) is 0 Å². The molecule has 0 radical (unpaired) electrons. The minimum atomic E-state index is 0.688. The number of ether oxygens (including phenoxy) is 1. The number of nitrogens with zero attached hydrogens (tertiary/aromatic N) is 3. The first-order chi connectivity index (χ1) is 13.2. The van der Waals surface area contributed by atoms with Crippen molar-refractivity contribution in [1.29, 1.82) is 0 Å². The van der Waals surface area contributed by atoms with Crippen molar-refractivity contribution in [3.63, 3.8) is 0 Å². The number of nitrogens with one attached hydrogen (secondary N) is 1. The van der Waals surface area contributed by atoms with Crippen LogP contribution in [0.5, 0.6) is 5.75 Å². The van der Waals surface area contributed by atoms with E-state index < -0.39 is 0 Å². The average Bonchev–Trinajstić information content (AvgIpc) is 2.73. The Morgan fingerprint density at radius 1 is 1.07 bits per heavy atom. The molecule has 0 aliphatic carbocycles. The number of quaternary nitrogens is 1. The van der Waals surface area contributed by atoms with Crippen LogP contribution >= 0.6 is 11.6 Å². The van der Waals surface area contributed by atoms with Gasteiger partial charge in [0.25, 0.3) is 0 Å². The van der Waals surface area contributed by atoms with Crippen LogP contribution in [0.25, 0.3) is 22.3 Å². The molecule has 1 saturated heterocycles. The van der Waals surface area contributed by atoms with Gasteiger partial charge in [0.1, 0.15) is 11.6 Å². The molecule has 1 fully saturated rings. The lowest BCUT2D eigenvalue weighted by atomic mass is 10.1. The lowest BCUT2D eigenvalue weighted by molar-refractivity contribution is -0.898. The van der Waals surface area contributed by atoms with E-state index in [1.165, 1.54) is 6.54 Å². The van der Waals surface area contributed by atoms with Gasteiger partial charge in [-0.25, -0.2) is 9.97 Å². The molecule has 1 aromatic heterocycles. The van der Waals surface area contributed by atoms with Gasteiger partial charge in [-0.3, -0.25) is 0 Å². The predicted octanol–water partition coefficient (Wildman–Crippen LogP) is 2.68. The molecule has 140 valence electrons. The zero-order chi connectivity index (χ0) is 18.8. The average molecular weight is 384 g/mol. The van der Waals surface area contributed by atoms with Gasteiger partial charge in [0.15, 0.2) is 5.82 Å². The standard InChI is InChI=1S/C21H23ClN4O/c1-3-25-10-12-26(13-11-25)21-18-9-6-16(22)14-19(18)23-20(24-21)15-4-7-17(27-2)8-5-15/h4-9,14H,3,10-13H2,1-2H3/p+1. The highest BCUT2D eigenvalue weighted by Gasteiger charge is 2.22. The van der Waals surface area contributed by atoms with Gasteiger partial charge in [0.2, 0.25) is 0 Å². The minimum Gasteiger partial charge on any atom is -0.497 e. The molecule has 0 saturated carbocycles. The van der Waals surface area contributed by atoms with Crippen molar-refractivity contribution < 1.29 is 9.64 Å². The minimum absolute atomic E-state index is 0.688. The van der Waals surface area contributed by atoms with Crippen LogP contribution in [0.2, 0.25) is 5.02 Å². The molecule has 6 heteroatoms. The Morgan fingerprint density at radius 2 is 1.81 bits per heavy atom. The van der Waals surface area contributed by atoms with Crippen LogP contribution < -0.4 is 14.5 Å². The lowest BCUT2D eigenvalue weighted by Crippen LogP contribution is -3.14. The Bertz CT molecular complexity index is 937. The second-order valence-electron chi connectivity index (χ2n) is 6.85. The second kappa shape index (κ2) is 7.71. The third-order valence-corrected chi connectivity index (χ3v) is 5.49. The fraction of sp³-hybridized carbons (Fsp3) is 0.333. The molecule has 2 heterocycles. The van der Waals surface area contributed by atoms with Crippen LogP contribution in [-0.2, 0) is 0 Å². The van der Waals surface area contributed by atoms with E-state index in [0.29, 0.717) is 10.8 Å². The van der Waals surface area contributed by atoms with E-state index in [9.17, 15) is 0 Å². The van der Waals surface area contributed by atoms with Crippen molar-refractivity contribution in [2.45, 2.75) is 6.92 Å². The van der Waals surface area contributed by atoms with Gasteiger partial charge in [-0.05, 0) is 49.4 Å². The molecular formula is C21H24ClN4O+. The fourth-order valence-electron chi connectivity index (χ4n) is 3.58. The number of piperazine rings is 1. The maximum absolute atomic E-state index is 6.24. The number of rotatable bonds is 4. The monoisotopic (exact) mass is 383 g/mol. The van der Waals surface area contributed by atoms with E-state index in [2.05, 4.69) is 11.8 Å². The summed E-state index contributed by atoms with van der Waals surface area (Å²) in [5.41, 5.74) is 1.85. The third-order valence-electron chi connectivity index (χ3n) is 5.26. The lowest BCUT2D eigenvalue weighted by Gasteiger charge is -2.33. The van der Waals surface area contributed by atoms with Crippen molar-refractivity contribution in [3.8, 4) is 17.1 Å². The van der Waals surface area contributed by atoms with E-state index in [1.807, 2.05) is 42.5 Å². The first kappa shape index (κ1) is 18.0. The van der Waals surface area contributed by atoms with Crippen molar-refractivity contribution in [1.82, 2.24) is 9.97 Å². The van der Waals surface area contributed by atoms with Crippen molar-refractivity contribution in [2.24, 2.45) is 0 Å². The predicted molar refractivity (Wildman–Crippen MR) is 110 cm³/mol. The Labute approximate surface area is 164 Å². The molecule has 3 aromatic rings. The molecule has 27 heavy (non-hydrogen) atoms. The molecule has 0 atom stereocenters. The number of fused-ring (bicyclic) bond motifs is 1. The largest absolute Gasteiger partial charge is 0.497 e. The van der Waals surface area contributed by atoms with Crippen molar-refractivity contribution >= 4 is 28.3 Å². The molecule has 1 aliphatic rings. The van der Waals surface area contributed by atoms with Gasteiger partial charge in [-0.2, -0.15) is 0 Å². The van der Waals surface area contributed by atoms with Gasteiger partial charge in [0, 0.05) is 16.0 Å². The highest BCUT2D eigenvalue weighted by molar-refractivity contribution is 6.31. The number of hydrogen-bond donors (Lipinski definition) is 1. The summed E-state index contributed by atoms with van der Waals surface area (Å²) in [5.74, 6) is 2.53. The highest BCUT2D eigenvalue weighted by atomic mass is 35.5. The maximum atomic E-state index is 6.24. The summed E-state index contributed by atoms with van der Waals surface area (Å²) in [6, 6.07) is 13.7. The number of hydrogen-bond acceptors (Lipinski definition) is 4. The van der Waals surface area contributed by atoms with Crippen LogP contribution in [-0.4, -0.2) is 49.8 Å². The number of likely N-dealkylation sites (N-methyl/N-ethyl adjacent to an activating group) is 1. The molecule has 0 spiro atoms. The first-order valence-electron chi connectivity index (χ1n) is 9.38. The smallest absolute Gasteiger partial charge is 0.162 e. The van der Waals surface area contributed by atoms with Crippen molar-refractivity contribution in [3.05, 3.63) is 47.5 Å². The van der Waals surface area contributed by atoms with E-state index in [0.717, 1.165) is 54.2 Å². The summed E-state index contributed by atoms with van der Waals surface area (Å²) in [6.07, 6.45) is 0. The summed E-state index contributed by atoms with van der Waals surface area (Å²) in [5, 5.41) is 1.74. The molecular weight excluding hydrogens is 360 g/mol. The van der Waals surface area contributed by atoms with Gasteiger partial charge in [0.05, 0.1) is 45.4 Å². The van der Waals surface area contributed by atoms with Gasteiger partial charge in [-0.15, -0.1) is 0 Å². The molecule has 4 rings (SSSR count). The normalized spacial score (nSPS) is 15.3. The molecule has 0 bridgehead atoms. The van der Waals surface area contributed by atoms with E-state index >= 15 is 0 Å². The molecule has 0 unspecified atom stereocenters. The molecule has 1 aliphatic heterocycles. The Kier molecular flexibility index (Phi) is 5.14. The summed E-state index contributed by atoms with van der Waals surface area (Å²) in [7, 11) is 1.67. The fourth-order valence-corrected chi connectivity index (χ4v) is 3.75. The van der Waals surface area contributed by atoms with Crippen LogP contribution in [0.15, 0.2) is 42.5 Å². The van der Waals surface area contributed by atoms with Crippen LogP contribution in [0.3, 0.4) is 0 Å². The number of methoxy groups -OCH3 is 1. The van der Waals surface area contributed by atoms with Gasteiger partial charge in [-0.1, -0.05) is 11.6 Å². The Balaban J connectivity index is 1.78. The number of halogens is 1. The first-order valence-corrected chi connectivity index (χ1v) is 9.76. The third kappa shape index (κ3) is 3.70. The molecule has 1 N–H and O–H groups in total. The summed E-state index contributed by atoms with van der Waals surface area (Å²) >= 11 is 6.24. The Hall–Kier alpha value is -2.37. The zero-order valence-electron chi connectivity index (χ0n) is 15.7. The molecule has 2 aromatic carbocycles. The second-order valence-corrected chi connectivity index (χ2v) is 7.29. The summed E-state index contributed by atoms with van der Waals surface area (Å²) in [6.45, 7) is 7.68. The highest BCUT2D eigenvalue weighted by Crippen LogP contribution is 2.30. The van der Waals surface area contributed by atoms with Crippen molar-refractivity contribution in [2.75, 3.05) is 44.7 Å². The van der Waals surface area contributed by atoms with E-state index in [1.54, 1.807) is 12.0 Å². The van der Waals surface area contributed by atoms with E-state index in [-0.39, 0.29) is 0 Å². The zero-order valence-corrected chi connectivity index (χ0v) is 16.5. The number of benzene rings is 2. The van der Waals surface area contributed by atoms with Crippen LogP contribution in [0.4, 0.5) is 5.82 Å². The maximum Gasteiger partial charge on any atom is 0.162 e. The van der Waals surface area contributed by atoms with Gasteiger partial charge < -0.3 is 14.5 Å². The molecule has 0 amide bonds. The quantitative estimate of drug-likeness (QED) is 0.752. The summed E-state index contributed by atoms with van der Waals surface area (Å²) < 4.78 is 5.26.